The fourth-order valence-corrected chi connectivity index (χ4v) is 2.77. The molecule has 2 heterocycles. The van der Waals surface area contributed by atoms with Crippen molar-refractivity contribution in [1.29, 1.82) is 0 Å². The molecule has 4 atom stereocenters. The van der Waals surface area contributed by atoms with E-state index >= 15 is 0 Å². The molecule has 0 spiro atoms. The van der Waals surface area contributed by atoms with Gasteiger partial charge in [-0.25, -0.2) is 9.78 Å². The molecule has 0 aromatic heterocycles. The van der Waals surface area contributed by atoms with Crippen LogP contribution in [0.3, 0.4) is 0 Å². The topological polar surface area (TPSA) is 36.9 Å². The van der Waals surface area contributed by atoms with E-state index in [9.17, 15) is 0 Å². The molecule has 0 aliphatic carbocycles. The first kappa shape index (κ1) is 12.0. The SMILES string of the molecule is COc1ccc([C@H]2OO[C@@H](C)[C@H]3COC[C@@H]32)cc1. The zero-order valence-electron chi connectivity index (χ0n) is 10.7. The molecule has 98 valence electrons. The van der Waals surface area contributed by atoms with Crippen LogP contribution >= 0.6 is 0 Å². The number of ether oxygens (including phenoxy) is 2. The molecular formula is C14H18O4. The Hall–Kier alpha value is -1.10. The van der Waals surface area contributed by atoms with Crippen LogP contribution in [-0.4, -0.2) is 26.4 Å². The van der Waals surface area contributed by atoms with E-state index in [0.29, 0.717) is 11.8 Å². The van der Waals surface area contributed by atoms with E-state index < -0.39 is 0 Å². The maximum Gasteiger partial charge on any atom is 0.123 e. The van der Waals surface area contributed by atoms with Gasteiger partial charge in [-0.15, -0.1) is 0 Å². The largest absolute Gasteiger partial charge is 0.497 e. The molecule has 2 saturated heterocycles. The van der Waals surface area contributed by atoms with Gasteiger partial charge in [0, 0.05) is 11.8 Å². The average molecular weight is 250 g/mol. The quantitative estimate of drug-likeness (QED) is 0.755. The molecule has 0 N–H and O–H groups in total. The Morgan fingerprint density at radius 2 is 1.78 bits per heavy atom. The van der Waals surface area contributed by atoms with E-state index in [-0.39, 0.29) is 12.2 Å². The fraction of sp³-hybridized carbons (Fsp3) is 0.571. The third kappa shape index (κ3) is 2.00. The van der Waals surface area contributed by atoms with Crippen LogP contribution in [0.2, 0.25) is 0 Å². The van der Waals surface area contributed by atoms with Crippen molar-refractivity contribution in [2.24, 2.45) is 11.8 Å². The molecule has 0 unspecified atom stereocenters. The summed E-state index contributed by atoms with van der Waals surface area (Å²) in [4.78, 5) is 10.9. The smallest absolute Gasteiger partial charge is 0.123 e. The van der Waals surface area contributed by atoms with Crippen LogP contribution in [0.25, 0.3) is 0 Å². The van der Waals surface area contributed by atoms with Gasteiger partial charge in [0.1, 0.15) is 11.9 Å². The van der Waals surface area contributed by atoms with E-state index in [4.69, 9.17) is 19.2 Å². The van der Waals surface area contributed by atoms with Gasteiger partial charge < -0.3 is 9.47 Å². The predicted molar refractivity (Wildman–Crippen MR) is 65.2 cm³/mol. The lowest BCUT2D eigenvalue weighted by atomic mass is 9.83. The summed E-state index contributed by atoms with van der Waals surface area (Å²) in [5.74, 6) is 1.65. The summed E-state index contributed by atoms with van der Waals surface area (Å²) in [6.07, 6.45) is 0.0617. The van der Waals surface area contributed by atoms with E-state index in [1.54, 1.807) is 7.11 Å². The van der Waals surface area contributed by atoms with Gasteiger partial charge in [0.25, 0.3) is 0 Å². The van der Waals surface area contributed by atoms with Crippen molar-refractivity contribution < 1.29 is 19.2 Å². The van der Waals surface area contributed by atoms with Crippen molar-refractivity contribution in [2.45, 2.75) is 19.1 Å². The molecule has 1 aromatic carbocycles. The van der Waals surface area contributed by atoms with E-state index in [0.717, 1.165) is 24.5 Å². The van der Waals surface area contributed by atoms with Crippen LogP contribution < -0.4 is 4.74 Å². The zero-order chi connectivity index (χ0) is 12.5. The number of benzene rings is 1. The third-order valence-corrected chi connectivity index (χ3v) is 3.92. The summed E-state index contributed by atoms with van der Waals surface area (Å²) in [5.41, 5.74) is 1.11. The molecule has 4 nitrogen and oxygen atoms in total. The highest BCUT2D eigenvalue weighted by atomic mass is 17.2. The molecular weight excluding hydrogens is 232 g/mol. The first-order valence-electron chi connectivity index (χ1n) is 6.33. The van der Waals surface area contributed by atoms with E-state index in [1.165, 1.54) is 0 Å². The minimum absolute atomic E-state index is 0.0420. The van der Waals surface area contributed by atoms with Gasteiger partial charge in [-0.05, 0) is 24.6 Å². The first-order valence-corrected chi connectivity index (χ1v) is 6.33. The van der Waals surface area contributed by atoms with Crippen molar-refractivity contribution in [1.82, 2.24) is 0 Å². The molecule has 0 bridgehead atoms. The predicted octanol–water partition coefficient (Wildman–Crippen LogP) is 2.35. The van der Waals surface area contributed by atoms with Gasteiger partial charge >= 0.3 is 0 Å². The highest BCUT2D eigenvalue weighted by Gasteiger charge is 2.44. The third-order valence-electron chi connectivity index (χ3n) is 3.92. The standard InChI is InChI=1S/C14H18O4/c1-9-12-7-16-8-13(12)14(18-17-9)10-3-5-11(15-2)6-4-10/h3-6,9,12-14H,7-8H2,1-2H3/t9-,12+,13-,14+/m0/s1. The lowest BCUT2D eigenvalue weighted by Crippen LogP contribution is -2.37. The Morgan fingerprint density at radius 1 is 1.06 bits per heavy atom. The molecule has 0 amide bonds. The maximum atomic E-state index is 5.57. The highest BCUT2D eigenvalue weighted by Crippen LogP contribution is 2.42. The molecule has 3 rings (SSSR count). The zero-order valence-corrected chi connectivity index (χ0v) is 10.7. The van der Waals surface area contributed by atoms with Crippen LogP contribution in [0.5, 0.6) is 5.75 Å². The summed E-state index contributed by atoms with van der Waals surface area (Å²) < 4.78 is 10.7. The van der Waals surface area contributed by atoms with E-state index in [2.05, 4.69) is 0 Å². The molecule has 2 aliphatic heterocycles. The lowest BCUT2D eigenvalue weighted by Gasteiger charge is -2.35. The molecule has 4 heteroatoms. The van der Waals surface area contributed by atoms with Crippen LogP contribution in [-0.2, 0) is 14.5 Å². The fourth-order valence-electron chi connectivity index (χ4n) is 2.77. The van der Waals surface area contributed by atoms with Crippen molar-refractivity contribution in [3.8, 4) is 5.75 Å². The Bertz CT molecular complexity index is 403. The van der Waals surface area contributed by atoms with Crippen LogP contribution in [0.15, 0.2) is 24.3 Å². The van der Waals surface area contributed by atoms with Crippen molar-refractivity contribution in [3.63, 3.8) is 0 Å². The van der Waals surface area contributed by atoms with Gasteiger partial charge in [0.2, 0.25) is 0 Å². The molecule has 2 fully saturated rings. The lowest BCUT2D eigenvalue weighted by molar-refractivity contribution is -0.396. The summed E-state index contributed by atoms with van der Waals surface area (Å²) in [7, 11) is 1.66. The van der Waals surface area contributed by atoms with Gasteiger partial charge in [0.15, 0.2) is 0 Å². The van der Waals surface area contributed by atoms with Gasteiger partial charge in [0.05, 0.1) is 26.4 Å². The number of fused-ring (bicyclic) bond motifs is 1. The van der Waals surface area contributed by atoms with Crippen LogP contribution in [0, 0.1) is 11.8 Å². The van der Waals surface area contributed by atoms with Gasteiger partial charge in [-0.2, -0.15) is 0 Å². The second-order valence-corrected chi connectivity index (χ2v) is 4.96. The van der Waals surface area contributed by atoms with Crippen LogP contribution in [0.1, 0.15) is 18.6 Å². The Balaban J connectivity index is 1.82. The second-order valence-electron chi connectivity index (χ2n) is 4.96. The first-order chi connectivity index (χ1) is 8.79. The van der Waals surface area contributed by atoms with Gasteiger partial charge in [-0.1, -0.05) is 12.1 Å². The highest BCUT2D eigenvalue weighted by molar-refractivity contribution is 5.29. The summed E-state index contributed by atoms with van der Waals surface area (Å²) in [6, 6.07) is 7.94. The summed E-state index contributed by atoms with van der Waals surface area (Å²) in [6.45, 7) is 3.55. The number of hydrogen-bond acceptors (Lipinski definition) is 4. The summed E-state index contributed by atoms with van der Waals surface area (Å²) >= 11 is 0. The Labute approximate surface area is 107 Å². The molecule has 0 radical (unpaired) electrons. The molecule has 0 saturated carbocycles. The Kier molecular flexibility index (Phi) is 3.24. The average Bonchev–Trinajstić information content (AvgIpc) is 2.90. The van der Waals surface area contributed by atoms with Crippen molar-refractivity contribution in [2.75, 3.05) is 20.3 Å². The monoisotopic (exact) mass is 250 g/mol. The van der Waals surface area contributed by atoms with Crippen LogP contribution in [0.4, 0.5) is 0 Å². The number of methoxy groups -OCH3 is 1. The minimum Gasteiger partial charge on any atom is -0.497 e. The number of rotatable bonds is 2. The molecule has 1 aromatic rings. The molecule has 18 heavy (non-hydrogen) atoms. The minimum atomic E-state index is -0.0420. The summed E-state index contributed by atoms with van der Waals surface area (Å²) in [5, 5.41) is 0. The van der Waals surface area contributed by atoms with Crippen molar-refractivity contribution in [3.05, 3.63) is 29.8 Å². The van der Waals surface area contributed by atoms with E-state index in [1.807, 2.05) is 31.2 Å². The van der Waals surface area contributed by atoms with Gasteiger partial charge in [-0.3, -0.25) is 0 Å². The second kappa shape index (κ2) is 4.88. The number of hydrogen-bond donors (Lipinski definition) is 0. The maximum absolute atomic E-state index is 5.57. The normalized spacial score (nSPS) is 35.2. The Morgan fingerprint density at radius 3 is 2.50 bits per heavy atom. The van der Waals surface area contributed by atoms with Crippen molar-refractivity contribution >= 4 is 0 Å². The molecule has 2 aliphatic rings.